The molecule has 1 amide bonds. The molecule has 3 aromatic heterocycles. The molecular weight excluding hydrogens is 476 g/mol. The second-order valence-electron chi connectivity index (χ2n) is 7.92. The Labute approximate surface area is 212 Å². The smallest absolute Gasteiger partial charge is 0.271 e. The quantitative estimate of drug-likeness (QED) is 0.136. The van der Waals surface area contributed by atoms with Crippen molar-refractivity contribution in [3.05, 3.63) is 98.1 Å². The topological polar surface area (TPSA) is 145 Å². The van der Waals surface area contributed by atoms with Gasteiger partial charge in [-0.1, -0.05) is 24.8 Å². The number of hydrogen-bond acceptors (Lipinski definition) is 7. The molecule has 37 heavy (non-hydrogen) atoms. The lowest BCUT2D eigenvalue weighted by molar-refractivity contribution is -0.419. The standard InChI is InChI=1S/C26H26N6O5/c1-4-21(32(35)36)18(3)10-8-12-23(33)29-24-19(17-27)16-20-25(31(24)14-9-15-37-5-2)28-22-11-6-7-13-30(22)26(20)34/h4,6-8,10-11,13,16H,1,5,9,12,14-15H2,2-3H3/b10-8-,21-18+,29-24?. The van der Waals surface area contributed by atoms with Crippen LogP contribution in [0.25, 0.3) is 16.7 Å². The van der Waals surface area contributed by atoms with Crippen LogP contribution >= 0.6 is 0 Å². The average Bonchev–Trinajstić information content (AvgIpc) is 2.87. The highest BCUT2D eigenvalue weighted by Crippen LogP contribution is 2.11. The van der Waals surface area contributed by atoms with E-state index in [1.54, 1.807) is 29.0 Å². The molecule has 0 bridgehead atoms. The summed E-state index contributed by atoms with van der Waals surface area (Å²) in [5.41, 5.74) is 0.666. The van der Waals surface area contributed by atoms with Gasteiger partial charge in [-0.25, -0.2) is 4.98 Å². The van der Waals surface area contributed by atoms with Crippen LogP contribution < -0.4 is 11.0 Å². The minimum absolute atomic E-state index is 0.0504. The molecule has 190 valence electrons. The largest absolute Gasteiger partial charge is 0.382 e. The summed E-state index contributed by atoms with van der Waals surface area (Å²) >= 11 is 0. The number of fused-ring (bicyclic) bond motifs is 2. The van der Waals surface area contributed by atoms with Crippen molar-refractivity contribution in [3.8, 4) is 6.07 Å². The molecular formula is C26H26N6O5. The van der Waals surface area contributed by atoms with E-state index in [0.29, 0.717) is 43.0 Å². The van der Waals surface area contributed by atoms with Gasteiger partial charge in [-0.15, -0.1) is 0 Å². The first-order valence-electron chi connectivity index (χ1n) is 11.6. The number of ether oxygens (including phenoxy) is 1. The molecule has 0 aliphatic rings. The van der Waals surface area contributed by atoms with Gasteiger partial charge in [0.1, 0.15) is 17.4 Å². The van der Waals surface area contributed by atoms with Gasteiger partial charge in [-0.05, 0) is 38.5 Å². The molecule has 3 heterocycles. The van der Waals surface area contributed by atoms with Crippen molar-refractivity contribution < 1.29 is 14.5 Å². The van der Waals surface area contributed by atoms with Gasteiger partial charge in [0, 0.05) is 44.0 Å². The Bertz CT molecular complexity index is 1600. The summed E-state index contributed by atoms with van der Waals surface area (Å²) in [4.78, 5) is 45.2. The third-order valence-corrected chi connectivity index (χ3v) is 5.47. The van der Waals surface area contributed by atoms with Crippen molar-refractivity contribution in [3.63, 3.8) is 0 Å². The number of carbonyl (C=O) groups excluding carboxylic acids is 1. The first-order chi connectivity index (χ1) is 17.8. The minimum Gasteiger partial charge on any atom is -0.382 e. The number of amides is 1. The van der Waals surface area contributed by atoms with Crippen molar-refractivity contribution in [2.75, 3.05) is 13.2 Å². The highest BCUT2D eigenvalue weighted by molar-refractivity contribution is 5.80. The summed E-state index contributed by atoms with van der Waals surface area (Å²) in [6, 6.07) is 8.58. The summed E-state index contributed by atoms with van der Waals surface area (Å²) in [5, 5.41) is 21.1. The molecule has 11 nitrogen and oxygen atoms in total. The Balaban J connectivity index is 2.15. The van der Waals surface area contributed by atoms with Gasteiger partial charge in [-0.3, -0.25) is 24.1 Å². The lowest BCUT2D eigenvalue weighted by Gasteiger charge is -2.13. The first-order valence-corrected chi connectivity index (χ1v) is 11.6. The van der Waals surface area contributed by atoms with E-state index in [-0.39, 0.29) is 34.1 Å². The van der Waals surface area contributed by atoms with Crippen LogP contribution in [0.3, 0.4) is 0 Å². The average molecular weight is 503 g/mol. The molecule has 0 radical (unpaired) electrons. The fourth-order valence-electron chi connectivity index (χ4n) is 3.73. The Morgan fingerprint density at radius 2 is 2.19 bits per heavy atom. The number of rotatable bonds is 10. The van der Waals surface area contributed by atoms with Crippen molar-refractivity contribution in [1.82, 2.24) is 14.0 Å². The zero-order valence-corrected chi connectivity index (χ0v) is 20.6. The van der Waals surface area contributed by atoms with E-state index in [9.17, 15) is 25.0 Å². The number of aryl methyl sites for hydroxylation is 1. The van der Waals surface area contributed by atoms with Gasteiger partial charge in [0.2, 0.25) is 0 Å². The van der Waals surface area contributed by atoms with Gasteiger partial charge in [-0.2, -0.15) is 10.3 Å². The summed E-state index contributed by atoms with van der Waals surface area (Å²) in [6.07, 6.45) is 6.00. The highest BCUT2D eigenvalue weighted by Gasteiger charge is 2.15. The molecule has 11 heteroatoms. The number of allylic oxidation sites excluding steroid dienone is 3. The van der Waals surface area contributed by atoms with E-state index in [0.717, 1.165) is 6.08 Å². The molecule has 0 saturated carbocycles. The van der Waals surface area contributed by atoms with Crippen LogP contribution in [0.5, 0.6) is 0 Å². The zero-order chi connectivity index (χ0) is 26.9. The lowest BCUT2D eigenvalue weighted by atomic mass is 10.2. The van der Waals surface area contributed by atoms with E-state index in [1.165, 1.54) is 29.5 Å². The summed E-state index contributed by atoms with van der Waals surface area (Å²) < 4.78 is 8.41. The maximum Gasteiger partial charge on any atom is 0.271 e. The molecule has 0 saturated heterocycles. The maximum absolute atomic E-state index is 13.2. The van der Waals surface area contributed by atoms with E-state index >= 15 is 0 Å². The van der Waals surface area contributed by atoms with Crippen LogP contribution in [-0.2, 0) is 16.1 Å². The van der Waals surface area contributed by atoms with E-state index < -0.39 is 10.8 Å². The van der Waals surface area contributed by atoms with Crippen LogP contribution in [-0.4, -0.2) is 38.0 Å². The summed E-state index contributed by atoms with van der Waals surface area (Å²) in [6.45, 7) is 8.11. The molecule has 3 aromatic rings. The second-order valence-corrected chi connectivity index (χ2v) is 7.92. The molecule has 0 fully saturated rings. The minimum atomic E-state index is -0.572. The Morgan fingerprint density at radius 3 is 2.86 bits per heavy atom. The van der Waals surface area contributed by atoms with Crippen LogP contribution in [0.1, 0.15) is 32.3 Å². The Hall–Kier alpha value is -4.69. The molecule has 0 atom stereocenters. The number of nitro groups is 1. The molecule has 0 spiro atoms. The molecule has 0 unspecified atom stereocenters. The maximum atomic E-state index is 13.2. The molecule has 0 N–H and O–H groups in total. The predicted octanol–water partition coefficient (Wildman–Crippen LogP) is 3.06. The van der Waals surface area contributed by atoms with Crippen LogP contribution in [0, 0.1) is 21.4 Å². The predicted molar refractivity (Wildman–Crippen MR) is 137 cm³/mol. The highest BCUT2D eigenvalue weighted by atomic mass is 16.6. The van der Waals surface area contributed by atoms with Gasteiger partial charge in [0.25, 0.3) is 17.2 Å². The third-order valence-electron chi connectivity index (χ3n) is 5.47. The number of hydrogen-bond donors (Lipinski definition) is 0. The number of carbonyl (C=O) groups is 1. The van der Waals surface area contributed by atoms with Crippen LogP contribution in [0.2, 0.25) is 0 Å². The van der Waals surface area contributed by atoms with Gasteiger partial charge in [0.05, 0.1) is 15.9 Å². The molecule has 3 rings (SSSR count). The van der Waals surface area contributed by atoms with Gasteiger partial charge in [0.15, 0.2) is 5.49 Å². The van der Waals surface area contributed by atoms with Crippen LogP contribution in [0.15, 0.2) is 76.3 Å². The van der Waals surface area contributed by atoms with Crippen molar-refractivity contribution in [1.29, 1.82) is 5.26 Å². The SMILES string of the molecule is C=C/C(=C(C)\C=C/CC(=O)N=c1c(C#N)cc2c(=O)n3ccccc3nc2n1CCCOCC)[N+](=O)[O-]. The van der Waals surface area contributed by atoms with E-state index in [1.807, 2.05) is 13.0 Å². The van der Waals surface area contributed by atoms with Crippen LogP contribution in [0.4, 0.5) is 0 Å². The van der Waals surface area contributed by atoms with E-state index in [4.69, 9.17) is 4.74 Å². The second kappa shape index (κ2) is 12.3. The molecule has 0 aliphatic heterocycles. The van der Waals surface area contributed by atoms with Gasteiger partial charge >= 0.3 is 0 Å². The normalized spacial score (nSPS) is 12.6. The lowest BCUT2D eigenvalue weighted by Crippen LogP contribution is -2.30. The summed E-state index contributed by atoms with van der Waals surface area (Å²) in [5.74, 6) is -0.572. The molecule has 0 aliphatic carbocycles. The molecule has 0 aromatic carbocycles. The fraction of sp³-hybridized carbons (Fsp3) is 0.269. The monoisotopic (exact) mass is 502 g/mol. The first kappa shape index (κ1) is 26.9. The number of pyridine rings is 2. The van der Waals surface area contributed by atoms with E-state index in [2.05, 4.69) is 16.6 Å². The van der Waals surface area contributed by atoms with Crippen molar-refractivity contribution in [2.45, 2.75) is 33.2 Å². The third kappa shape index (κ3) is 6.12. The number of aromatic nitrogens is 3. The zero-order valence-electron chi connectivity index (χ0n) is 20.6. The number of nitrogens with zero attached hydrogens (tertiary/aromatic N) is 6. The Kier molecular flexibility index (Phi) is 8.96. The fourth-order valence-corrected chi connectivity index (χ4v) is 3.73. The number of nitriles is 1. The van der Waals surface area contributed by atoms with Crippen molar-refractivity contribution in [2.24, 2.45) is 4.99 Å². The van der Waals surface area contributed by atoms with Gasteiger partial charge < -0.3 is 9.30 Å². The summed E-state index contributed by atoms with van der Waals surface area (Å²) in [7, 11) is 0. The Morgan fingerprint density at radius 1 is 1.41 bits per heavy atom. The van der Waals surface area contributed by atoms with Crippen molar-refractivity contribution >= 4 is 22.6 Å².